The van der Waals surface area contributed by atoms with Crippen molar-refractivity contribution >= 4 is 11.6 Å². The van der Waals surface area contributed by atoms with E-state index in [1.807, 2.05) is 0 Å². The van der Waals surface area contributed by atoms with Gasteiger partial charge in [-0.05, 0) is 12.8 Å². The second-order valence-corrected chi connectivity index (χ2v) is 5.55. The Morgan fingerprint density at radius 2 is 1.92 bits per heavy atom. The first-order chi connectivity index (χ1) is 11.7. The molecule has 0 bridgehead atoms. The molecular weight excluding hydrogens is 312 g/mol. The molecule has 0 saturated carbocycles. The van der Waals surface area contributed by atoms with Crippen LogP contribution in [0, 0.1) is 0 Å². The first-order valence-electron chi connectivity index (χ1n) is 8.10. The summed E-state index contributed by atoms with van der Waals surface area (Å²) >= 11 is 0. The summed E-state index contributed by atoms with van der Waals surface area (Å²) in [6.07, 6.45) is 2.87. The van der Waals surface area contributed by atoms with E-state index in [-0.39, 0.29) is 12.0 Å². The maximum Gasteiger partial charge on any atom is 0.225 e. The Kier molecular flexibility index (Phi) is 7.14. The fraction of sp³-hybridized carbons (Fsp3) is 0.588. The maximum atomic E-state index is 12.1. The molecule has 7 heteroatoms. The summed E-state index contributed by atoms with van der Waals surface area (Å²) in [6, 6.07) is 3.41. The average molecular weight is 338 g/mol. The lowest BCUT2D eigenvalue weighted by molar-refractivity contribution is -0.116. The van der Waals surface area contributed by atoms with E-state index in [2.05, 4.69) is 10.6 Å². The van der Waals surface area contributed by atoms with E-state index < -0.39 is 0 Å². The Morgan fingerprint density at radius 3 is 2.46 bits per heavy atom. The molecule has 1 atom stereocenters. The van der Waals surface area contributed by atoms with Gasteiger partial charge in [0.25, 0.3) is 0 Å². The largest absolute Gasteiger partial charge is 0.493 e. The first kappa shape index (κ1) is 18.4. The van der Waals surface area contributed by atoms with Crippen LogP contribution in [-0.4, -0.2) is 53.0 Å². The van der Waals surface area contributed by atoms with Crippen LogP contribution >= 0.6 is 0 Å². The lowest BCUT2D eigenvalue weighted by Crippen LogP contribution is -2.29. The van der Waals surface area contributed by atoms with E-state index >= 15 is 0 Å². The Balaban J connectivity index is 1.84. The number of hydrogen-bond donors (Lipinski definition) is 2. The highest BCUT2D eigenvalue weighted by molar-refractivity contribution is 5.91. The van der Waals surface area contributed by atoms with Crippen LogP contribution in [-0.2, 0) is 9.53 Å². The summed E-state index contributed by atoms with van der Waals surface area (Å²) in [5.41, 5.74) is 0.605. The zero-order valence-corrected chi connectivity index (χ0v) is 14.5. The van der Waals surface area contributed by atoms with Crippen LogP contribution in [0.5, 0.6) is 17.2 Å². The monoisotopic (exact) mass is 338 g/mol. The van der Waals surface area contributed by atoms with Crippen molar-refractivity contribution in [1.29, 1.82) is 0 Å². The third kappa shape index (κ3) is 5.01. The number of anilines is 1. The van der Waals surface area contributed by atoms with Gasteiger partial charge in [-0.3, -0.25) is 4.79 Å². The van der Waals surface area contributed by atoms with Gasteiger partial charge in [-0.1, -0.05) is 0 Å². The molecule has 0 aromatic heterocycles. The van der Waals surface area contributed by atoms with Crippen LogP contribution in [0.15, 0.2) is 12.1 Å². The van der Waals surface area contributed by atoms with Crippen molar-refractivity contribution in [3.63, 3.8) is 0 Å². The number of methoxy groups -OCH3 is 3. The van der Waals surface area contributed by atoms with Crippen LogP contribution in [0.1, 0.15) is 19.3 Å². The highest BCUT2D eigenvalue weighted by Crippen LogP contribution is 2.39. The second kappa shape index (κ2) is 9.34. The summed E-state index contributed by atoms with van der Waals surface area (Å²) in [4.78, 5) is 12.1. The number of carbonyl (C=O) groups excluding carboxylic acids is 1. The molecule has 1 aromatic carbocycles. The van der Waals surface area contributed by atoms with Crippen molar-refractivity contribution in [2.75, 3.05) is 46.3 Å². The molecule has 2 N–H and O–H groups in total. The predicted octanol–water partition coefficient (Wildman–Crippen LogP) is 1.81. The third-order valence-corrected chi connectivity index (χ3v) is 3.87. The van der Waals surface area contributed by atoms with Crippen molar-refractivity contribution in [3.8, 4) is 17.2 Å². The molecule has 1 fully saturated rings. The molecule has 1 heterocycles. The van der Waals surface area contributed by atoms with E-state index in [1.165, 1.54) is 14.2 Å². The SMILES string of the molecule is COc1cc(NC(=O)CCNCC2CCCO2)cc(OC)c1OC. The van der Waals surface area contributed by atoms with Gasteiger partial charge < -0.3 is 29.6 Å². The van der Waals surface area contributed by atoms with Crippen LogP contribution in [0.4, 0.5) is 5.69 Å². The molecule has 0 aliphatic carbocycles. The number of nitrogens with one attached hydrogen (secondary N) is 2. The minimum absolute atomic E-state index is 0.0795. The van der Waals surface area contributed by atoms with Crippen LogP contribution in [0.3, 0.4) is 0 Å². The van der Waals surface area contributed by atoms with E-state index in [1.54, 1.807) is 19.2 Å². The van der Waals surface area contributed by atoms with Crippen molar-refractivity contribution < 1.29 is 23.7 Å². The van der Waals surface area contributed by atoms with Crippen LogP contribution < -0.4 is 24.8 Å². The van der Waals surface area contributed by atoms with Crippen molar-refractivity contribution in [2.45, 2.75) is 25.4 Å². The molecule has 1 saturated heterocycles. The maximum absolute atomic E-state index is 12.1. The van der Waals surface area contributed by atoms with Gasteiger partial charge in [-0.15, -0.1) is 0 Å². The second-order valence-electron chi connectivity index (χ2n) is 5.55. The van der Waals surface area contributed by atoms with Crippen LogP contribution in [0.25, 0.3) is 0 Å². The van der Waals surface area contributed by atoms with Crippen molar-refractivity contribution in [2.24, 2.45) is 0 Å². The van der Waals surface area contributed by atoms with E-state index in [0.29, 0.717) is 35.9 Å². The zero-order chi connectivity index (χ0) is 17.4. The minimum atomic E-state index is -0.0795. The number of amides is 1. The van der Waals surface area contributed by atoms with E-state index in [0.717, 1.165) is 26.0 Å². The molecule has 2 rings (SSSR count). The third-order valence-electron chi connectivity index (χ3n) is 3.87. The zero-order valence-electron chi connectivity index (χ0n) is 14.5. The molecule has 0 spiro atoms. The minimum Gasteiger partial charge on any atom is -0.493 e. The topological polar surface area (TPSA) is 78.1 Å². The smallest absolute Gasteiger partial charge is 0.225 e. The summed E-state index contributed by atoms with van der Waals surface area (Å²) in [5, 5.41) is 6.10. The molecule has 1 amide bonds. The van der Waals surface area contributed by atoms with Crippen molar-refractivity contribution in [1.82, 2.24) is 5.32 Å². The highest BCUT2D eigenvalue weighted by Gasteiger charge is 2.16. The summed E-state index contributed by atoms with van der Waals surface area (Å²) in [5.74, 6) is 1.42. The number of ether oxygens (including phenoxy) is 4. The standard InChI is InChI=1S/C17H26N2O5/c1-21-14-9-12(10-15(22-2)17(14)23-3)19-16(20)6-7-18-11-13-5-4-8-24-13/h9-10,13,18H,4-8,11H2,1-3H3,(H,19,20). The highest BCUT2D eigenvalue weighted by atomic mass is 16.5. The molecule has 134 valence electrons. The molecule has 0 radical (unpaired) electrons. The summed E-state index contributed by atoms with van der Waals surface area (Å²) in [7, 11) is 4.62. The lowest BCUT2D eigenvalue weighted by atomic mass is 10.2. The Hall–Kier alpha value is -1.99. The number of carbonyl (C=O) groups is 1. The predicted molar refractivity (Wildman–Crippen MR) is 91.2 cm³/mol. The summed E-state index contributed by atoms with van der Waals surface area (Å²) in [6.45, 7) is 2.24. The normalized spacial score (nSPS) is 16.7. The average Bonchev–Trinajstić information content (AvgIpc) is 3.11. The van der Waals surface area contributed by atoms with Gasteiger partial charge in [0.1, 0.15) is 0 Å². The first-order valence-corrected chi connectivity index (χ1v) is 8.10. The van der Waals surface area contributed by atoms with Gasteiger partial charge >= 0.3 is 0 Å². The summed E-state index contributed by atoms with van der Waals surface area (Å²) < 4.78 is 21.3. The van der Waals surface area contributed by atoms with Gasteiger partial charge in [-0.2, -0.15) is 0 Å². The van der Waals surface area contributed by atoms with Gasteiger partial charge in [-0.25, -0.2) is 0 Å². The molecule has 1 aromatic rings. The Bertz CT molecular complexity index is 519. The van der Waals surface area contributed by atoms with Crippen molar-refractivity contribution in [3.05, 3.63) is 12.1 Å². The quantitative estimate of drug-likeness (QED) is 0.669. The lowest BCUT2D eigenvalue weighted by Gasteiger charge is -2.15. The number of benzene rings is 1. The number of hydrogen-bond acceptors (Lipinski definition) is 6. The van der Waals surface area contributed by atoms with E-state index in [4.69, 9.17) is 18.9 Å². The molecule has 1 unspecified atom stereocenters. The Labute approximate surface area is 142 Å². The molecule has 7 nitrogen and oxygen atoms in total. The molecule has 1 aliphatic rings. The van der Waals surface area contributed by atoms with Gasteiger partial charge in [0.15, 0.2) is 11.5 Å². The molecular formula is C17H26N2O5. The fourth-order valence-electron chi connectivity index (χ4n) is 2.65. The fourth-order valence-corrected chi connectivity index (χ4v) is 2.65. The molecule has 1 aliphatic heterocycles. The van der Waals surface area contributed by atoms with Gasteiger partial charge in [0.2, 0.25) is 11.7 Å². The van der Waals surface area contributed by atoms with E-state index in [9.17, 15) is 4.79 Å². The molecule has 24 heavy (non-hydrogen) atoms. The Morgan fingerprint density at radius 1 is 1.21 bits per heavy atom. The van der Waals surface area contributed by atoms with Gasteiger partial charge in [0.05, 0.1) is 27.4 Å². The number of rotatable bonds is 9. The van der Waals surface area contributed by atoms with Crippen LogP contribution in [0.2, 0.25) is 0 Å². The van der Waals surface area contributed by atoms with Gasteiger partial charge in [0, 0.05) is 43.9 Å².